The summed E-state index contributed by atoms with van der Waals surface area (Å²) in [6.07, 6.45) is 2.06. The molecule has 0 radical (unpaired) electrons. The topological polar surface area (TPSA) is 181 Å². The van der Waals surface area contributed by atoms with Crippen molar-refractivity contribution in [3.63, 3.8) is 0 Å². The Labute approximate surface area is 351 Å². The molecule has 3 aliphatic heterocycles. The molecular weight excluding hydrogens is 784 g/mol. The quantitative estimate of drug-likeness (QED) is 0.156. The summed E-state index contributed by atoms with van der Waals surface area (Å²) >= 11 is 0. The number of hydrogen-bond acceptors (Lipinski definition) is 13. The van der Waals surface area contributed by atoms with E-state index in [2.05, 4.69) is 15.3 Å². The molecule has 0 aromatic carbocycles. The predicted molar refractivity (Wildman–Crippen MR) is 215 cm³/mol. The molecule has 0 aliphatic carbocycles. The Balaban J connectivity index is 1.45. The average molecular weight is 848 g/mol. The van der Waals surface area contributed by atoms with E-state index < -0.39 is 102 Å². The number of nitrogens with zero attached hydrogens (tertiary/aromatic N) is 4. The number of carbonyl (C=O) groups excluding carboxylic acids is 4. The third-order valence-electron chi connectivity index (χ3n) is 12.7. The lowest BCUT2D eigenvalue weighted by atomic mass is 9.73. The van der Waals surface area contributed by atoms with Crippen molar-refractivity contribution in [3.05, 3.63) is 37.1 Å². The van der Waals surface area contributed by atoms with Crippen LogP contribution in [0.5, 0.6) is 0 Å². The monoisotopic (exact) mass is 847 g/mol. The third kappa shape index (κ3) is 9.75. The number of ether oxygens (including phenoxy) is 5. The smallest absolute Gasteiger partial charge is 0.410 e. The number of hydrogen-bond donors (Lipinski definition) is 2. The van der Waals surface area contributed by atoms with E-state index in [0.717, 1.165) is 18.2 Å². The number of pyridine rings is 1. The van der Waals surface area contributed by atoms with Gasteiger partial charge < -0.3 is 43.6 Å². The molecule has 3 fully saturated rings. The van der Waals surface area contributed by atoms with Gasteiger partial charge in [0.1, 0.15) is 24.7 Å². The summed E-state index contributed by atoms with van der Waals surface area (Å²) < 4.78 is 62.3. The van der Waals surface area contributed by atoms with Crippen molar-refractivity contribution in [1.82, 2.24) is 24.8 Å². The number of esters is 1. The lowest BCUT2D eigenvalue weighted by molar-refractivity contribution is -0.290. The Hall–Kier alpha value is -3.90. The molecule has 5 heterocycles. The number of imidazole rings is 1. The summed E-state index contributed by atoms with van der Waals surface area (Å²) in [5.41, 5.74) is -4.68. The van der Waals surface area contributed by atoms with Gasteiger partial charge in [0.2, 0.25) is 0 Å². The molecular formula is C43H63F2N5O10. The van der Waals surface area contributed by atoms with Gasteiger partial charge in [-0.1, -0.05) is 27.7 Å². The molecule has 15 nitrogen and oxygen atoms in total. The molecule has 0 bridgehead atoms. The van der Waals surface area contributed by atoms with Gasteiger partial charge >= 0.3 is 12.1 Å². The second-order valence-electron chi connectivity index (χ2n) is 17.3. The van der Waals surface area contributed by atoms with Crippen LogP contribution in [-0.2, 0) is 44.6 Å². The molecule has 3 aliphatic rings. The van der Waals surface area contributed by atoms with Gasteiger partial charge in [-0.15, -0.1) is 0 Å². The molecule has 2 N–H and O–H groups in total. The first-order valence-corrected chi connectivity index (χ1v) is 21.1. The molecule has 3 saturated heterocycles. The van der Waals surface area contributed by atoms with E-state index in [0.29, 0.717) is 25.8 Å². The Morgan fingerprint density at radius 3 is 2.43 bits per heavy atom. The van der Waals surface area contributed by atoms with Crippen molar-refractivity contribution >= 4 is 23.6 Å². The Bertz CT molecular complexity index is 1800. The second-order valence-corrected chi connectivity index (χ2v) is 17.3. The van der Waals surface area contributed by atoms with Crippen molar-refractivity contribution in [2.75, 3.05) is 26.9 Å². The van der Waals surface area contributed by atoms with Crippen LogP contribution in [0.25, 0.3) is 11.3 Å². The largest absolute Gasteiger partial charge is 0.455 e. The summed E-state index contributed by atoms with van der Waals surface area (Å²) in [5, 5.41) is 14.3. The van der Waals surface area contributed by atoms with E-state index in [1.165, 1.54) is 18.9 Å². The molecule has 334 valence electrons. The molecule has 0 spiro atoms. The number of nitrogens with one attached hydrogen (secondary N) is 1. The van der Waals surface area contributed by atoms with Gasteiger partial charge in [0.15, 0.2) is 17.7 Å². The van der Waals surface area contributed by atoms with Crippen LogP contribution in [0.15, 0.2) is 37.1 Å². The predicted octanol–water partition coefficient (Wildman–Crippen LogP) is 5.02. The van der Waals surface area contributed by atoms with E-state index in [-0.39, 0.29) is 31.7 Å². The van der Waals surface area contributed by atoms with Crippen LogP contribution >= 0.6 is 0 Å². The highest BCUT2D eigenvalue weighted by Crippen LogP contribution is 2.43. The lowest BCUT2D eigenvalue weighted by Crippen LogP contribution is -2.62. The number of methoxy groups -OCH3 is 1. The maximum Gasteiger partial charge on any atom is 0.410 e. The van der Waals surface area contributed by atoms with E-state index in [9.17, 15) is 28.7 Å². The number of fused-ring (bicyclic) bond motifs is 1. The van der Waals surface area contributed by atoms with Gasteiger partial charge in [-0.2, -0.15) is 0 Å². The molecule has 17 heteroatoms. The van der Waals surface area contributed by atoms with E-state index in [1.54, 1.807) is 60.3 Å². The Morgan fingerprint density at radius 1 is 1.07 bits per heavy atom. The van der Waals surface area contributed by atoms with E-state index >= 15 is 4.39 Å². The summed E-state index contributed by atoms with van der Waals surface area (Å²) in [6.45, 7) is 12.3. The van der Waals surface area contributed by atoms with Gasteiger partial charge in [0.25, 0.3) is 5.67 Å². The molecule has 2 aromatic rings. The van der Waals surface area contributed by atoms with Crippen LogP contribution in [0.3, 0.4) is 0 Å². The number of aromatic nitrogens is 3. The van der Waals surface area contributed by atoms with Crippen molar-refractivity contribution in [3.8, 4) is 11.3 Å². The molecule has 13 atom stereocenters. The standard InChI is InChI=1S/C43H63F2N5O10/c1-10-32-43(8)35(50(40(55)60-43)19-12-11-18-49-23-31(48-24-49)29-14-13-16-46-22-29)27(4)33(51)25(2)21-41(6,56-9)37(28(5)36(53)42(7,45)39(54)58-32)59-38-34(52)30(47-17-15-44)20-26(3)57-38/h13-14,16,22-28,30,32,34-35,37-38,47,52H,10-12,15,17-21H2,1-9H3/t25-,26-,27+,28+,30+,32-,34+,35?,37-,38+,41-,42+,43-/m1/s1. The van der Waals surface area contributed by atoms with E-state index in [1.807, 2.05) is 22.9 Å². The number of rotatable bonds is 13. The molecule has 0 saturated carbocycles. The SMILES string of the molecule is CC[C@H]1OC(=O)[C@@](C)(F)C(=O)[C@H](C)[C@@H](O[C@@H]2O[C@H](C)C[C@H](NCCF)[C@@H]2O)[C@](C)(OC)C[C@@H](C)C(=O)[C@H](C)C2N(CCCCn3cnc(-c4cccnc4)c3)C(=O)O[C@@]21C. The number of halogens is 2. The zero-order valence-electron chi connectivity index (χ0n) is 36.3. The fourth-order valence-corrected chi connectivity index (χ4v) is 9.39. The molecule has 1 amide bonds. The number of unbranched alkanes of at least 4 members (excludes halogenated alkanes) is 1. The average Bonchev–Trinajstić information content (AvgIpc) is 3.80. The van der Waals surface area contributed by atoms with Gasteiger partial charge in [0.05, 0.1) is 35.9 Å². The second kappa shape index (κ2) is 19.4. The minimum Gasteiger partial charge on any atom is -0.455 e. The molecule has 5 rings (SSSR count). The number of ketones is 2. The number of alkyl halides is 2. The van der Waals surface area contributed by atoms with Crippen molar-refractivity contribution in [1.29, 1.82) is 0 Å². The number of Topliss-reactive ketones (excluding diaryl/α,β-unsaturated/α-hetero) is 2. The number of aliphatic hydroxyl groups excluding tert-OH is 1. The van der Waals surface area contributed by atoms with Crippen molar-refractivity contribution in [2.24, 2.45) is 17.8 Å². The van der Waals surface area contributed by atoms with Gasteiger partial charge in [-0.25, -0.2) is 23.4 Å². The Morgan fingerprint density at radius 2 is 1.78 bits per heavy atom. The van der Waals surface area contributed by atoms with Crippen LogP contribution < -0.4 is 5.32 Å². The highest BCUT2D eigenvalue weighted by Gasteiger charge is 2.61. The highest BCUT2D eigenvalue weighted by atomic mass is 19.1. The van der Waals surface area contributed by atoms with Gasteiger partial charge in [-0.3, -0.25) is 14.6 Å². The summed E-state index contributed by atoms with van der Waals surface area (Å²) in [7, 11) is 1.37. The number of aryl methyl sites for hydroxylation is 1. The van der Waals surface area contributed by atoms with Crippen molar-refractivity contribution in [2.45, 2.75) is 154 Å². The highest BCUT2D eigenvalue weighted by molar-refractivity contribution is 6.08. The molecule has 60 heavy (non-hydrogen) atoms. The number of carbonyl (C=O) groups is 4. The first-order valence-electron chi connectivity index (χ1n) is 21.1. The van der Waals surface area contributed by atoms with Crippen LogP contribution in [0, 0.1) is 17.8 Å². The zero-order chi connectivity index (χ0) is 44.2. The first-order chi connectivity index (χ1) is 28.3. The number of cyclic esters (lactones) is 1. The summed E-state index contributed by atoms with van der Waals surface area (Å²) in [6, 6.07) is 2.17. The third-order valence-corrected chi connectivity index (χ3v) is 12.7. The zero-order valence-corrected chi connectivity index (χ0v) is 36.3. The maximum absolute atomic E-state index is 16.9. The summed E-state index contributed by atoms with van der Waals surface area (Å²) in [4.78, 5) is 66.8. The fourth-order valence-electron chi connectivity index (χ4n) is 9.39. The van der Waals surface area contributed by atoms with Crippen molar-refractivity contribution < 1.29 is 56.7 Å². The van der Waals surface area contributed by atoms with Crippen LogP contribution in [0.2, 0.25) is 0 Å². The van der Waals surface area contributed by atoms with E-state index in [4.69, 9.17) is 23.7 Å². The minimum atomic E-state index is -3.22. The molecule has 2 aromatic heterocycles. The number of amides is 1. The fraction of sp³-hybridized carbons (Fsp3) is 0.721. The first kappa shape index (κ1) is 47.2. The van der Waals surface area contributed by atoms with Gasteiger partial charge in [-0.05, 0) is 71.9 Å². The number of aliphatic hydroxyl groups is 1. The maximum atomic E-state index is 16.9. The Kier molecular flexibility index (Phi) is 15.3. The van der Waals surface area contributed by atoms with Crippen LogP contribution in [0.1, 0.15) is 87.5 Å². The van der Waals surface area contributed by atoms with Crippen LogP contribution in [0.4, 0.5) is 13.6 Å². The van der Waals surface area contributed by atoms with Gasteiger partial charge in [0, 0.05) is 74.7 Å². The molecule has 1 unspecified atom stereocenters. The normalized spacial score (nSPS) is 37.0. The van der Waals surface area contributed by atoms with Crippen LogP contribution in [-0.4, -0.2) is 135 Å². The minimum absolute atomic E-state index is 0.0258. The lowest BCUT2D eigenvalue weighted by Gasteiger charge is -2.46. The summed E-state index contributed by atoms with van der Waals surface area (Å²) in [5.74, 6) is -6.03.